The van der Waals surface area contributed by atoms with Crippen LogP contribution in [0.3, 0.4) is 0 Å². The third-order valence-corrected chi connectivity index (χ3v) is 8.04. The number of aromatic nitrogens is 1. The first kappa shape index (κ1) is 28.2. The highest BCUT2D eigenvalue weighted by Crippen LogP contribution is 2.48. The molecule has 0 saturated carbocycles. The van der Waals surface area contributed by atoms with Crippen molar-refractivity contribution in [3.63, 3.8) is 0 Å². The highest BCUT2D eigenvalue weighted by Gasteiger charge is 2.37. The number of carbonyl (C=O) groups is 2. The van der Waals surface area contributed by atoms with Crippen molar-refractivity contribution in [3.05, 3.63) is 80.9 Å². The molecule has 4 aromatic rings. The molecule has 1 atom stereocenters. The van der Waals surface area contributed by atoms with E-state index < -0.39 is 17.7 Å². The van der Waals surface area contributed by atoms with Gasteiger partial charge in [0.25, 0.3) is 0 Å². The minimum absolute atomic E-state index is 0.296. The molecule has 3 aromatic carbocycles. The van der Waals surface area contributed by atoms with Crippen LogP contribution in [0.2, 0.25) is 5.02 Å². The number of aliphatic carboxylic acids is 1. The van der Waals surface area contributed by atoms with Gasteiger partial charge >= 0.3 is 12.0 Å². The number of aryl methyl sites for hydroxylation is 1. The summed E-state index contributed by atoms with van der Waals surface area (Å²) in [4.78, 5) is 28.3. The van der Waals surface area contributed by atoms with Gasteiger partial charge in [-0.15, -0.1) is 0 Å². The Morgan fingerprint density at radius 3 is 2.38 bits per heavy atom. The Bertz CT molecular complexity index is 1640. The molecule has 0 saturated heterocycles. The van der Waals surface area contributed by atoms with Crippen molar-refractivity contribution in [2.75, 3.05) is 16.8 Å². The zero-order chi connectivity index (χ0) is 28.9. The molecule has 1 aromatic heterocycles. The fraction of sp³-hybridized carbons (Fsp3) is 0.290. The van der Waals surface area contributed by atoms with Crippen molar-refractivity contribution in [2.24, 2.45) is 0 Å². The Kier molecular flexibility index (Phi) is 7.46. The van der Waals surface area contributed by atoms with Crippen LogP contribution in [0, 0.1) is 13.8 Å². The number of hydrogen-bond acceptors (Lipinski definition) is 3. The number of anilines is 2. The largest absolute Gasteiger partial charge is 0.479 e. The highest BCUT2D eigenvalue weighted by atomic mass is 79.9. The van der Waals surface area contributed by atoms with Gasteiger partial charge in [0.2, 0.25) is 0 Å². The summed E-state index contributed by atoms with van der Waals surface area (Å²) in [5.74, 6) is -1.10. The molecule has 0 radical (unpaired) electrons. The monoisotopic (exact) mass is 623 g/mol. The average molecular weight is 625 g/mol. The number of carboxylic acids is 1. The maximum Gasteiger partial charge on any atom is 0.337 e. The van der Waals surface area contributed by atoms with Gasteiger partial charge in [0.1, 0.15) is 0 Å². The second-order valence-electron chi connectivity index (χ2n) is 11.0. The first-order chi connectivity index (χ1) is 18.9. The lowest BCUT2D eigenvalue weighted by Gasteiger charge is -2.35. The van der Waals surface area contributed by atoms with E-state index in [4.69, 9.17) is 16.3 Å². The number of carbonyl (C=O) groups excluding carboxylic acids is 1. The van der Waals surface area contributed by atoms with Crippen molar-refractivity contribution in [3.8, 4) is 11.1 Å². The fourth-order valence-electron chi connectivity index (χ4n) is 5.48. The number of amides is 2. The molecule has 2 amide bonds. The fourth-order valence-corrected chi connectivity index (χ4v) is 5.99. The molecule has 2 N–H and O–H groups in total. The van der Waals surface area contributed by atoms with Crippen LogP contribution in [-0.4, -0.2) is 33.8 Å². The van der Waals surface area contributed by atoms with E-state index in [0.29, 0.717) is 40.6 Å². The SMILES string of the molecule is Cc1c([C@H](OC(C)(C)C)C(=O)O)c(-c2ccc(Cl)cc2)c2cc(C)n3c2c1N(C(=O)Nc1ccccc1Br)CC3. The summed E-state index contributed by atoms with van der Waals surface area (Å²) in [5.41, 5.74) is 5.28. The minimum Gasteiger partial charge on any atom is -0.479 e. The Hall–Kier alpha value is -3.33. The van der Waals surface area contributed by atoms with Crippen molar-refractivity contribution in [2.45, 2.75) is 52.9 Å². The molecule has 40 heavy (non-hydrogen) atoms. The first-order valence-electron chi connectivity index (χ1n) is 13.0. The zero-order valence-corrected chi connectivity index (χ0v) is 25.4. The highest BCUT2D eigenvalue weighted by molar-refractivity contribution is 9.10. The van der Waals surface area contributed by atoms with Gasteiger partial charge in [-0.2, -0.15) is 0 Å². The van der Waals surface area contributed by atoms with Crippen LogP contribution in [0.5, 0.6) is 0 Å². The number of ether oxygens (including phenoxy) is 1. The normalized spacial score (nSPS) is 13.9. The number of nitrogens with one attached hydrogen (secondary N) is 1. The first-order valence-corrected chi connectivity index (χ1v) is 14.2. The van der Waals surface area contributed by atoms with Crippen LogP contribution in [0.25, 0.3) is 22.0 Å². The van der Waals surface area contributed by atoms with Gasteiger partial charge in [0, 0.05) is 39.2 Å². The number of para-hydroxylation sites is 1. The smallest absolute Gasteiger partial charge is 0.337 e. The Morgan fingerprint density at radius 2 is 1.75 bits per heavy atom. The molecule has 0 fully saturated rings. The molecule has 1 aliphatic rings. The van der Waals surface area contributed by atoms with E-state index in [1.807, 2.05) is 71.0 Å². The summed E-state index contributed by atoms with van der Waals surface area (Å²) in [6.45, 7) is 10.4. The standard InChI is InChI=1S/C31H31BrClN3O4/c1-17-16-21-25(19-10-12-20(33)13-11-19)24(28(29(37)38)40-31(3,4)5)18(2)26-27(21)35(17)14-15-36(26)30(39)34-23-9-7-6-8-22(23)32/h6-13,16,28H,14-15H2,1-5H3,(H,34,39)(H,37,38)/t28-/m0/s1. The van der Waals surface area contributed by atoms with Gasteiger partial charge in [-0.3, -0.25) is 4.90 Å². The lowest BCUT2D eigenvalue weighted by Crippen LogP contribution is -2.41. The van der Waals surface area contributed by atoms with Crippen molar-refractivity contribution >= 4 is 61.8 Å². The van der Waals surface area contributed by atoms with E-state index in [2.05, 4.69) is 31.9 Å². The summed E-state index contributed by atoms with van der Waals surface area (Å²) in [7, 11) is 0. The summed E-state index contributed by atoms with van der Waals surface area (Å²) in [6, 6.07) is 16.6. The molecule has 5 rings (SSSR count). The molecule has 0 unspecified atom stereocenters. The van der Waals surface area contributed by atoms with Gasteiger partial charge in [0.05, 0.1) is 22.5 Å². The summed E-state index contributed by atoms with van der Waals surface area (Å²) < 4.78 is 9.17. The summed E-state index contributed by atoms with van der Waals surface area (Å²) in [6.07, 6.45) is -1.27. The van der Waals surface area contributed by atoms with Gasteiger partial charge < -0.3 is 19.7 Å². The van der Waals surface area contributed by atoms with Gasteiger partial charge in [0.15, 0.2) is 6.10 Å². The molecule has 2 heterocycles. The maximum atomic E-state index is 13.8. The molecule has 7 nitrogen and oxygen atoms in total. The third-order valence-electron chi connectivity index (χ3n) is 7.09. The van der Waals surface area contributed by atoms with E-state index in [0.717, 1.165) is 32.2 Å². The second-order valence-corrected chi connectivity index (χ2v) is 12.3. The van der Waals surface area contributed by atoms with Crippen molar-refractivity contribution in [1.29, 1.82) is 0 Å². The lowest BCUT2D eigenvalue weighted by atomic mass is 9.87. The second kappa shape index (κ2) is 10.6. The van der Waals surface area contributed by atoms with Crippen LogP contribution in [0.15, 0.2) is 59.1 Å². The number of rotatable bonds is 5. The molecular formula is C31H31BrClN3O4. The predicted molar refractivity (Wildman–Crippen MR) is 164 cm³/mol. The topological polar surface area (TPSA) is 83.8 Å². The minimum atomic E-state index is -1.27. The number of nitrogens with zero attached hydrogens (tertiary/aromatic N) is 2. The van der Waals surface area contributed by atoms with Crippen LogP contribution in [-0.2, 0) is 16.1 Å². The van der Waals surface area contributed by atoms with Crippen molar-refractivity contribution in [1.82, 2.24) is 4.57 Å². The predicted octanol–water partition coefficient (Wildman–Crippen LogP) is 8.33. The summed E-state index contributed by atoms with van der Waals surface area (Å²) >= 11 is 9.74. The van der Waals surface area contributed by atoms with E-state index in [1.165, 1.54) is 0 Å². The Morgan fingerprint density at radius 1 is 1.07 bits per heavy atom. The molecule has 9 heteroatoms. The molecule has 208 valence electrons. The number of carboxylic acid groups (broad SMARTS) is 1. The zero-order valence-electron chi connectivity index (χ0n) is 23.0. The quantitative estimate of drug-likeness (QED) is 0.234. The molecule has 0 aliphatic carbocycles. The number of benzene rings is 3. The molecule has 1 aliphatic heterocycles. The maximum absolute atomic E-state index is 13.8. The Balaban J connectivity index is 1.81. The lowest BCUT2D eigenvalue weighted by molar-refractivity contribution is -0.160. The van der Waals surface area contributed by atoms with Crippen LogP contribution < -0.4 is 10.2 Å². The van der Waals surface area contributed by atoms with E-state index in [9.17, 15) is 14.7 Å². The van der Waals surface area contributed by atoms with E-state index in [1.54, 1.807) is 17.0 Å². The Labute approximate surface area is 246 Å². The van der Waals surface area contributed by atoms with Crippen LogP contribution in [0.1, 0.15) is 43.7 Å². The third kappa shape index (κ3) is 5.11. The molecular weight excluding hydrogens is 594 g/mol. The van der Waals surface area contributed by atoms with Crippen LogP contribution >= 0.6 is 27.5 Å². The van der Waals surface area contributed by atoms with Gasteiger partial charge in [-0.25, -0.2) is 9.59 Å². The number of urea groups is 1. The van der Waals surface area contributed by atoms with E-state index in [-0.39, 0.29) is 6.03 Å². The molecule has 0 spiro atoms. The average Bonchev–Trinajstić information content (AvgIpc) is 3.22. The van der Waals surface area contributed by atoms with Crippen molar-refractivity contribution < 1.29 is 19.4 Å². The number of halogens is 2. The van der Waals surface area contributed by atoms with Gasteiger partial charge in [-0.1, -0.05) is 35.9 Å². The van der Waals surface area contributed by atoms with E-state index >= 15 is 0 Å². The van der Waals surface area contributed by atoms with Gasteiger partial charge in [-0.05, 0) is 97.6 Å². The molecule has 0 bridgehead atoms. The number of hydrogen-bond donors (Lipinski definition) is 2. The summed E-state index contributed by atoms with van der Waals surface area (Å²) in [5, 5.41) is 15.0. The van der Waals surface area contributed by atoms with Crippen LogP contribution in [0.4, 0.5) is 16.2 Å².